The number of sulfone groups is 1. The number of benzene rings is 1. The van der Waals surface area contributed by atoms with Gasteiger partial charge in [0.15, 0.2) is 21.5 Å². The fourth-order valence-electron chi connectivity index (χ4n) is 3.68. The van der Waals surface area contributed by atoms with Crippen LogP contribution in [0.15, 0.2) is 48.8 Å². The zero-order chi connectivity index (χ0) is 26.6. The van der Waals surface area contributed by atoms with Crippen molar-refractivity contribution in [2.24, 2.45) is 0 Å². The van der Waals surface area contributed by atoms with Crippen molar-refractivity contribution < 1.29 is 27.7 Å². The highest BCUT2D eigenvalue weighted by molar-refractivity contribution is 7.90. The van der Waals surface area contributed by atoms with Crippen molar-refractivity contribution in [1.29, 1.82) is 0 Å². The average Bonchev–Trinajstić information content (AvgIpc) is 3.30. The fraction of sp³-hybridized carbons (Fsp3) is 0.292. The summed E-state index contributed by atoms with van der Waals surface area (Å²) in [6.07, 6.45) is 1.48. The van der Waals surface area contributed by atoms with E-state index in [4.69, 9.17) is 14.2 Å². The number of aromatic nitrogens is 6. The number of pyridine rings is 1. The first kappa shape index (κ1) is 26.0. The van der Waals surface area contributed by atoms with E-state index in [1.807, 2.05) is 0 Å². The molecule has 0 unspecified atom stereocenters. The van der Waals surface area contributed by atoms with Crippen molar-refractivity contribution in [3.8, 4) is 34.6 Å². The van der Waals surface area contributed by atoms with Crippen LogP contribution in [0.5, 0.6) is 17.4 Å². The van der Waals surface area contributed by atoms with Gasteiger partial charge in [0.2, 0.25) is 5.88 Å². The minimum absolute atomic E-state index is 0.0785. The summed E-state index contributed by atoms with van der Waals surface area (Å²) in [5.41, 5.74) is 1.08. The molecule has 0 aliphatic rings. The molecule has 13 heteroatoms. The molecule has 0 fully saturated rings. The number of aryl methyl sites for hydroxylation is 1. The van der Waals surface area contributed by atoms with E-state index >= 15 is 0 Å². The topological polar surface area (TPSA) is 151 Å². The van der Waals surface area contributed by atoms with E-state index in [0.29, 0.717) is 40.1 Å². The Bertz CT molecular complexity index is 1470. The van der Waals surface area contributed by atoms with Gasteiger partial charge in [-0.2, -0.15) is 0 Å². The Morgan fingerprint density at radius 3 is 2.22 bits per heavy atom. The van der Waals surface area contributed by atoms with Gasteiger partial charge in [-0.15, -0.1) is 10.2 Å². The molecule has 37 heavy (non-hydrogen) atoms. The SMILES string of the molecule is COc1cccc(-c2nnc(CS(=O)(=O)C[C@H](O)c3cnc(C)nc3)n2-c2c(OC)cccc2OC)n1. The first-order valence-corrected chi connectivity index (χ1v) is 12.9. The summed E-state index contributed by atoms with van der Waals surface area (Å²) in [5.74, 6) is 0.886. The van der Waals surface area contributed by atoms with Crippen molar-refractivity contribution >= 4 is 9.84 Å². The Morgan fingerprint density at radius 1 is 0.946 bits per heavy atom. The molecule has 0 bridgehead atoms. The van der Waals surface area contributed by atoms with E-state index in [1.165, 1.54) is 38.3 Å². The van der Waals surface area contributed by atoms with Gasteiger partial charge in [-0.25, -0.2) is 23.4 Å². The summed E-state index contributed by atoms with van der Waals surface area (Å²) in [5, 5.41) is 19.0. The normalized spacial score (nSPS) is 12.2. The second-order valence-electron chi connectivity index (χ2n) is 7.99. The highest BCUT2D eigenvalue weighted by Crippen LogP contribution is 2.36. The molecular formula is C24H26N6O6S. The molecule has 0 radical (unpaired) electrons. The number of aliphatic hydroxyl groups is 1. The van der Waals surface area contributed by atoms with Gasteiger partial charge in [-0.1, -0.05) is 12.1 Å². The minimum Gasteiger partial charge on any atom is -0.494 e. The van der Waals surface area contributed by atoms with E-state index in [-0.39, 0.29) is 11.6 Å². The lowest BCUT2D eigenvalue weighted by molar-refractivity contribution is 0.200. The molecule has 1 atom stereocenters. The van der Waals surface area contributed by atoms with Crippen molar-refractivity contribution in [3.05, 3.63) is 66.0 Å². The van der Waals surface area contributed by atoms with Gasteiger partial charge in [0.25, 0.3) is 0 Å². The molecule has 0 spiro atoms. The van der Waals surface area contributed by atoms with Gasteiger partial charge in [0.05, 0.1) is 33.2 Å². The quantitative estimate of drug-likeness (QED) is 0.323. The van der Waals surface area contributed by atoms with Gasteiger partial charge in [0.1, 0.15) is 34.5 Å². The van der Waals surface area contributed by atoms with Crippen LogP contribution in [0.2, 0.25) is 0 Å². The monoisotopic (exact) mass is 526 g/mol. The summed E-state index contributed by atoms with van der Waals surface area (Å²) < 4.78 is 44.3. The number of ether oxygens (including phenoxy) is 3. The zero-order valence-corrected chi connectivity index (χ0v) is 21.5. The van der Waals surface area contributed by atoms with Gasteiger partial charge in [0, 0.05) is 24.0 Å². The van der Waals surface area contributed by atoms with Crippen LogP contribution in [0.4, 0.5) is 0 Å². The summed E-state index contributed by atoms with van der Waals surface area (Å²) in [6.45, 7) is 1.70. The first-order chi connectivity index (χ1) is 17.8. The Hall–Kier alpha value is -4.10. The third-order valence-electron chi connectivity index (χ3n) is 5.46. The molecule has 0 aliphatic carbocycles. The van der Waals surface area contributed by atoms with Gasteiger partial charge in [-0.05, 0) is 25.1 Å². The summed E-state index contributed by atoms with van der Waals surface area (Å²) >= 11 is 0. The smallest absolute Gasteiger partial charge is 0.213 e. The van der Waals surface area contributed by atoms with E-state index < -0.39 is 27.4 Å². The van der Waals surface area contributed by atoms with Crippen LogP contribution in [-0.4, -0.2) is 70.3 Å². The minimum atomic E-state index is -3.90. The van der Waals surface area contributed by atoms with Crippen LogP contribution in [0.1, 0.15) is 23.3 Å². The van der Waals surface area contributed by atoms with E-state index in [9.17, 15) is 13.5 Å². The molecule has 3 aromatic heterocycles. The number of nitrogens with zero attached hydrogens (tertiary/aromatic N) is 6. The van der Waals surface area contributed by atoms with Gasteiger partial charge >= 0.3 is 0 Å². The lowest BCUT2D eigenvalue weighted by atomic mass is 10.2. The van der Waals surface area contributed by atoms with Crippen LogP contribution in [0.3, 0.4) is 0 Å². The van der Waals surface area contributed by atoms with E-state index in [2.05, 4.69) is 25.1 Å². The Balaban J connectivity index is 1.80. The van der Waals surface area contributed by atoms with Gasteiger partial charge in [-0.3, -0.25) is 4.57 Å². The van der Waals surface area contributed by atoms with E-state index in [0.717, 1.165) is 0 Å². The van der Waals surface area contributed by atoms with E-state index in [1.54, 1.807) is 43.3 Å². The second-order valence-corrected chi connectivity index (χ2v) is 10.1. The molecule has 3 heterocycles. The predicted molar refractivity (Wildman–Crippen MR) is 133 cm³/mol. The van der Waals surface area contributed by atoms with Crippen molar-refractivity contribution in [3.63, 3.8) is 0 Å². The maximum absolute atomic E-state index is 13.2. The molecule has 0 saturated carbocycles. The molecule has 1 N–H and O–H groups in total. The number of aliphatic hydroxyl groups excluding tert-OH is 1. The predicted octanol–water partition coefficient (Wildman–Crippen LogP) is 2.10. The highest BCUT2D eigenvalue weighted by atomic mass is 32.2. The number of methoxy groups -OCH3 is 3. The molecule has 4 aromatic rings. The second kappa shape index (κ2) is 10.9. The molecule has 194 valence electrons. The van der Waals surface area contributed by atoms with Crippen molar-refractivity contribution in [2.75, 3.05) is 27.1 Å². The molecule has 4 rings (SSSR count). The standard InChI is InChI=1S/C24H26N6O6S/c1-15-25-11-16(12-26-15)18(31)13-37(32,33)14-21-28-29-24(17-7-5-10-22(27-17)36-4)30(21)23-19(34-2)8-6-9-20(23)35-3/h5-12,18,31H,13-14H2,1-4H3/t18-/m0/s1. The van der Waals surface area contributed by atoms with Crippen LogP contribution in [-0.2, 0) is 15.6 Å². The van der Waals surface area contributed by atoms with Crippen LogP contribution in [0, 0.1) is 6.92 Å². The molecule has 1 aromatic carbocycles. The largest absolute Gasteiger partial charge is 0.494 e. The Morgan fingerprint density at radius 2 is 1.59 bits per heavy atom. The van der Waals surface area contributed by atoms with Crippen LogP contribution >= 0.6 is 0 Å². The van der Waals surface area contributed by atoms with Gasteiger partial charge < -0.3 is 19.3 Å². The lowest BCUT2D eigenvalue weighted by Crippen LogP contribution is -2.19. The zero-order valence-electron chi connectivity index (χ0n) is 20.7. The number of hydrogen-bond acceptors (Lipinski definition) is 11. The van der Waals surface area contributed by atoms with Crippen molar-refractivity contribution in [1.82, 2.24) is 29.7 Å². The summed E-state index contributed by atoms with van der Waals surface area (Å²) in [4.78, 5) is 12.5. The highest BCUT2D eigenvalue weighted by Gasteiger charge is 2.28. The summed E-state index contributed by atoms with van der Waals surface area (Å²) in [6, 6.07) is 10.3. The molecule has 0 amide bonds. The van der Waals surface area contributed by atoms with Crippen LogP contribution in [0.25, 0.3) is 17.2 Å². The molecule has 12 nitrogen and oxygen atoms in total. The molecule has 0 saturated heterocycles. The third-order valence-corrected chi connectivity index (χ3v) is 6.99. The average molecular weight is 527 g/mol. The molecular weight excluding hydrogens is 500 g/mol. The number of rotatable bonds is 10. The Labute approximate surface area is 213 Å². The van der Waals surface area contributed by atoms with Crippen LogP contribution < -0.4 is 14.2 Å². The number of hydrogen-bond donors (Lipinski definition) is 1. The number of para-hydroxylation sites is 1. The third kappa shape index (κ3) is 5.67. The summed E-state index contributed by atoms with van der Waals surface area (Å²) in [7, 11) is 0.567. The Kier molecular flexibility index (Phi) is 7.64. The maximum atomic E-state index is 13.2. The van der Waals surface area contributed by atoms with Crippen molar-refractivity contribution in [2.45, 2.75) is 18.8 Å². The lowest BCUT2D eigenvalue weighted by Gasteiger charge is -2.17. The fourth-order valence-corrected chi connectivity index (χ4v) is 5.05. The maximum Gasteiger partial charge on any atom is 0.213 e. The first-order valence-electron chi connectivity index (χ1n) is 11.1. The molecule has 0 aliphatic heterocycles.